The highest BCUT2D eigenvalue weighted by atomic mass is 19.4. The number of halogens is 3. The maximum absolute atomic E-state index is 13.1. The molecule has 36 heavy (non-hydrogen) atoms. The Morgan fingerprint density at radius 1 is 1.03 bits per heavy atom. The molecule has 5 rings (SSSR count). The summed E-state index contributed by atoms with van der Waals surface area (Å²) >= 11 is 0. The van der Waals surface area contributed by atoms with Gasteiger partial charge in [0, 0.05) is 50.9 Å². The predicted molar refractivity (Wildman–Crippen MR) is 124 cm³/mol. The molecule has 0 aliphatic carbocycles. The van der Waals surface area contributed by atoms with Crippen molar-refractivity contribution in [2.24, 2.45) is 5.92 Å². The molecule has 2 aliphatic heterocycles. The zero-order valence-electron chi connectivity index (χ0n) is 19.4. The van der Waals surface area contributed by atoms with Gasteiger partial charge in [0.05, 0.1) is 11.8 Å². The molecule has 0 atom stereocenters. The smallest absolute Gasteiger partial charge is 0.416 e. The van der Waals surface area contributed by atoms with E-state index in [0.29, 0.717) is 69.4 Å². The summed E-state index contributed by atoms with van der Waals surface area (Å²) < 4.78 is 50.3. The lowest BCUT2D eigenvalue weighted by atomic mass is 9.95. The maximum atomic E-state index is 13.1. The van der Waals surface area contributed by atoms with Crippen LogP contribution in [0.1, 0.15) is 24.1 Å². The van der Waals surface area contributed by atoms with Crippen LogP contribution in [-0.2, 0) is 11.0 Å². The molecule has 2 aromatic heterocycles. The molecule has 0 saturated carbocycles. The van der Waals surface area contributed by atoms with Gasteiger partial charge in [0.15, 0.2) is 5.76 Å². The number of nitriles is 1. The molecular formula is C25H24F3N5O3. The third-order valence-electron chi connectivity index (χ3n) is 6.71. The standard InChI is InChI=1S/C25H24F3N5O3/c26-25(27,28)18-3-1-4-19(15-18)31-10-12-32(13-11-31)23(34)17-6-8-33(9-7-17)24-20(16-29)30-22(36-24)21-5-2-14-35-21/h1-5,14-15,17H,6-13H2. The van der Waals surface area contributed by atoms with E-state index in [1.54, 1.807) is 23.1 Å². The number of alkyl halides is 3. The van der Waals surface area contributed by atoms with E-state index in [4.69, 9.17) is 8.83 Å². The van der Waals surface area contributed by atoms with Gasteiger partial charge in [0.2, 0.25) is 17.5 Å². The van der Waals surface area contributed by atoms with Gasteiger partial charge in [-0.05, 0) is 43.2 Å². The van der Waals surface area contributed by atoms with Crippen LogP contribution in [0.4, 0.5) is 24.7 Å². The second kappa shape index (κ2) is 9.60. The van der Waals surface area contributed by atoms with Gasteiger partial charge in [-0.1, -0.05) is 6.07 Å². The molecule has 3 aromatic rings. The van der Waals surface area contributed by atoms with Gasteiger partial charge in [0.25, 0.3) is 5.89 Å². The summed E-state index contributed by atoms with van der Waals surface area (Å²) in [4.78, 5) is 23.0. The number of carbonyl (C=O) groups is 1. The molecular weight excluding hydrogens is 475 g/mol. The SMILES string of the molecule is N#Cc1nc(-c2ccco2)oc1N1CCC(C(=O)N2CCN(c3cccc(C(F)(F)F)c3)CC2)CC1. The molecule has 188 valence electrons. The lowest BCUT2D eigenvalue weighted by Gasteiger charge is -2.39. The molecule has 0 bridgehead atoms. The average molecular weight is 499 g/mol. The molecule has 11 heteroatoms. The van der Waals surface area contributed by atoms with Gasteiger partial charge in [-0.3, -0.25) is 4.79 Å². The minimum absolute atomic E-state index is 0.0627. The van der Waals surface area contributed by atoms with Crippen LogP contribution in [0.25, 0.3) is 11.7 Å². The van der Waals surface area contributed by atoms with Crippen LogP contribution in [0.3, 0.4) is 0 Å². The number of piperazine rings is 1. The Morgan fingerprint density at radius 2 is 1.78 bits per heavy atom. The molecule has 8 nitrogen and oxygen atoms in total. The normalized spacial score (nSPS) is 17.3. The van der Waals surface area contributed by atoms with Gasteiger partial charge >= 0.3 is 6.18 Å². The van der Waals surface area contributed by atoms with E-state index >= 15 is 0 Å². The summed E-state index contributed by atoms with van der Waals surface area (Å²) in [6, 6.07) is 10.8. The van der Waals surface area contributed by atoms with Crippen molar-refractivity contribution in [3.05, 3.63) is 53.9 Å². The third-order valence-corrected chi connectivity index (χ3v) is 6.71. The number of aromatic nitrogens is 1. The number of hydrogen-bond acceptors (Lipinski definition) is 7. The van der Waals surface area contributed by atoms with E-state index in [2.05, 4.69) is 11.1 Å². The van der Waals surface area contributed by atoms with Gasteiger partial charge in [0.1, 0.15) is 6.07 Å². The lowest BCUT2D eigenvalue weighted by molar-refractivity contribution is -0.137. The Labute approximate surface area is 205 Å². The molecule has 0 N–H and O–H groups in total. The molecule has 4 heterocycles. The van der Waals surface area contributed by atoms with Crippen molar-refractivity contribution in [2.75, 3.05) is 49.1 Å². The molecule has 0 spiro atoms. The highest BCUT2D eigenvalue weighted by Gasteiger charge is 2.34. The third kappa shape index (κ3) is 4.76. The Hall–Kier alpha value is -3.94. The highest BCUT2D eigenvalue weighted by Crippen LogP contribution is 2.33. The van der Waals surface area contributed by atoms with Gasteiger partial charge < -0.3 is 23.5 Å². The zero-order chi connectivity index (χ0) is 25.3. The largest absolute Gasteiger partial charge is 0.459 e. The van der Waals surface area contributed by atoms with Gasteiger partial charge in [-0.15, -0.1) is 0 Å². The zero-order valence-corrected chi connectivity index (χ0v) is 19.4. The Balaban J connectivity index is 1.16. The average Bonchev–Trinajstić information content (AvgIpc) is 3.58. The predicted octanol–water partition coefficient (Wildman–Crippen LogP) is 4.39. The van der Waals surface area contributed by atoms with Crippen molar-refractivity contribution < 1.29 is 26.8 Å². The number of anilines is 2. The summed E-state index contributed by atoms with van der Waals surface area (Å²) in [5, 5.41) is 9.48. The second-order valence-corrected chi connectivity index (χ2v) is 8.88. The number of piperidine rings is 1. The van der Waals surface area contributed by atoms with Crippen LogP contribution < -0.4 is 9.80 Å². The first kappa shape index (κ1) is 23.8. The minimum Gasteiger partial charge on any atom is -0.459 e. The Bertz CT molecular complexity index is 1250. The first-order valence-electron chi connectivity index (χ1n) is 11.7. The van der Waals surface area contributed by atoms with Crippen molar-refractivity contribution in [3.63, 3.8) is 0 Å². The van der Waals surface area contributed by atoms with Crippen molar-refractivity contribution in [1.29, 1.82) is 5.26 Å². The van der Waals surface area contributed by atoms with Crippen LogP contribution >= 0.6 is 0 Å². The first-order chi connectivity index (χ1) is 17.3. The fourth-order valence-corrected chi connectivity index (χ4v) is 4.76. The summed E-state index contributed by atoms with van der Waals surface area (Å²) in [7, 11) is 0. The van der Waals surface area contributed by atoms with E-state index in [1.807, 2.05) is 9.80 Å². The number of nitrogens with zero attached hydrogens (tertiary/aromatic N) is 5. The van der Waals surface area contributed by atoms with Crippen LogP contribution in [0.2, 0.25) is 0 Å². The Morgan fingerprint density at radius 3 is 2.42 bits per heavy atom. The topological polar surface area (TPSA) is 89.8 Å². The number of rotatable bonds is 4. The highest BCUT2D eigenvalue weighted by molar-refractivity contribution is 5.79. The van der Waals surface area contributed by atoms with E-state index in [0.717, 1.165) is 12.1 Å². The fraction of sp³-hybridized carbons (Fsp3) is 0.400. The fourth-order valence-electron chi connectivity index (χ4n) is 4.76. The van der Waals surface area contributed by atoms with Crippen LogP contribution in [0, 0.1) is 17.2 Å². The maximum Gasteiger partial charge on any atom is 0.416 e. The molecule has 1 amide bonds. The first-order valence-corrected chi connectivity index (χ1v) is 11.7. The van der Waals surface area contributed by atoms with Crippen molar-refractivity contribution >= 4 is 17.5 Å². The molecule has 1 aromatic carbocycles. The molecule has 2 aliphatic rings. The van der Waals surface area contributed by atoms with E-state index in [9.17, 15) is 23.2 Å². The Kier molecular flexibility index (Phi) is 6.35. The molecule has 2 saturated heterocycles. The number of hydrogen-bond donors (Lipinski definition) is 0. The summed E-state index contributed by atoms with van der Waals surface area (Å²) in [5.74, 6) is 0.965. The number of furan rings is 1. The van der Waals surface area contributed by atoms with Crippen molar-refractivity contribution in [2.45, 2.75) is 19.0 Å². The lowest BCUT2D eigenvalue weighted by Crippen LogP contribution is -2.51. The minimum atomic E-state index is -4.39. The quantitative estimate of drug-likeness (QED) is 0.526. The summed E-state index contributed by atoms with van der Waals surface area (Å²) in [6.07, 6.45) is -1.67. The number of benzene rings is 1. The molecule has 0 unspecified atom stereocenters. The second-order valence-electron chi connectivity index (χ2n) is 8.88. The van der Waals surface area contributed by atoms with Crippen LogP contribution in [-0.4, -0.2) is 55.1 Å². The van der Waals surface area contributed by atoms with Gasteiger partial charge in [-0.2, -0.15) is 23.4 Å². The summed E-state index contributed by atoms with van der Waals surface area (Å²) in [5.41, 5.74) is 0.0178. The molecule has 2 fully saturated rings. The van der Waals surface area contributed by atoms with Gasteiger partial charge in [-0.25, -0.2) is 0 Å². The van der Waals surface area contributed by atoms with E-state index in [1.165, 1.54) is 12.3 Å². The number of amides is 1. The van der Waals surface area contributed by atoms with Crippen molar-refractivity contribution in [3.8, 4) is 17.7 Å². The van der Waals surface area contributed by atoms with Crippen LogP contribution in [0.15, 0.2) is 51.5 Å². The number of oxazole rings is 1. The number of carbonyl (C=O) groups excluding carboxylic acids is 1. The van der Waals surface area contributed by atoms with E-state index < -0.39 is 11.7 Å². The van der Waals surface area contributed by atoms with E-state index in [-0.39, 0.29) is 23.4 Å². The summed E-state index contributed by atoms with van der Waals surface area (Å²) in [6.45, 7) is 2.96. The van der Waals surface area contributed by atoms with Crippen molar-refractivity contribution in [1.82, 2.24) is 9.88 Å². The molecule has 0 radical (unpaired) electrons. The monoisotopic (exact) mass is 499 g/mol. The van der Waals surface area contributed by atoms with Crippen LogP contribution in [0.5, 0.6) is 0 Å².